The van der Waals surface area contributed by atoms with Crippen LogP contribution in [0.1, 0.15) is 10.5 Å². The average Bonchev–Trinajstić information content (AvgIpc) is 2.38. The second-order valence-corrected chi connectivity index (χ2v) is 4.25. The lowest BCUT2D eigenvalue weighted by molar-refractivity contribution is 0.0629. The summed E-state index contributed by atoms with van der Waals surface area (Å²) in [6.07, 6.45) is 1.11. The standard InChI is InChI=1S/C11H15N3O5/c1-12-6-13(3-4-19-2)11(18)8-10(17)9(16)7(15)5-14(8)12/h5,15,17H,3-4,6H2,1-2H3. The van der Waals surface area contributed by atoms with Crippen LogP contribution in [-0.4, -0.2) is 59.7 Å². The minimum absolute atomic E-state index is 0.160. The van der Waals surface area contributed by atoms with E-state index in [1.165, 1.54) is 16.7 Å². The number of amides is 1. The van der Waals surface area contributed by atoms with Gasteiger partial charge in [-0.25, -0.2) is 0 Å². The van der Waals surface area contributed by atoms with Crippen LogP contribution in [0.4, 0.5) is 0 Å². The third kappa shape index (κ3) is 2.10. The fraction of sp³-hybridized carbons (Fsp3) is 0.455. The molecule has 0 saturated carbocycles. The second kappa shape index (κ2) is 4.81. The smallest absolute Gasteiger partial charge is 0.277 e. The lowest BCUT2D eigenvalue weighted by Gasteiger charge is -2.37. The van der Waals surface area contributed by atoms with Gasteiger partial charge >= 0.3 is 0 Å². The van der Waals surface area contributed by atoms with E-state index in [0.717, 1.165) is 6.20 Å². The largest absolute Gasteiger partial charge is 0.503 e. The highest BCUT2D eigenvalue weighted by Crippen LogP contribution is 2.21. The van der Waals surface area contributed by atoms with Crippen molar-refractivity contribution in [1.29, 1.82) is 0 Å². The van der Waals surface area contributed by atoms with E-state index in [0.29, 0.717) is 13.2 Å². The van der Waals surface area contributed by atoms with Crippen LogP contribution < -0.4 is 10.4 Å². The van der Waals surface area contributed by atoms with Crippen molar-refractivity contribution in [2.24, 2.45) is 0 Å². The molecule has 104 valence electrons. The second-order valence-electron chi connectivity index (χ2n) is 4.25. The van der Waals surface area contributed by atoms with Crippen molar-refractivity contribution < 1.29 is 19.7 Å². The number of pyridine rings is 1. The lowest BCUT2D eigenvalue weighted by atomic mass is 10.2. The number of rotatable bonds is 3. The Labute approximate surface area is 109 Å². The average molecular weight is 269 g/mol. The van der Waals surface area contributed by atoms with E-state index in [9.17, 15) is 19.8 Å². The van der Waals surface area contributed by atoms with Gasteiger partial charge in [0, 0.05) is 20.7 Å². The molecule has 0 fully saturated rings. The van der Waals surface area contributed by atoms with Crippen molar-refractivity contribution in [2.45, 2.75) is 0 Å². The Kier molecular flexibility index (Phi) is 3.34. The van der Waals surface area contributed by atoms with Gasteiger partial charge in [0.15, 0.2) is 17.2 Å². The third-order valence-corrected chi connectivity index (χ3v) is 2.94. The molecule has 0 radical (unpaired) electrons. The van der Waals surface area contributed by atoms with Gasteiger partial charge in [0.05, 0.1) is 12.8 Å². The van der Waals surface area contributed by atoms with Gasteiger partial charge in [0.25, 0.3) is 11.3 Å². The maximum Gasteiger partial charge on any atom is 0.277 e. The summed E-state index contributed by atoms with van der Waals surface area (Å²) in [6.45, 7) is 0.952. The van der Waals surface area contributed by atoms with Crippen molar-refractivity contribution in [3.05, 3.63) is 22.1 Å². The molecule has 0 bridgehead atoms. The molecule has 0 saturated heterocycles. The van der Waals surface area contributed by atoms with Gasteiger partial charge in [-0.2, -0.15) is 0 Å². The van der Waals surface area contributed by atoms with Gasteiger partial charge in [-0.3, -0.25) is 19.3 Å². The quantitative estimate of drug-likeness (QED) is 0.722. The summed E-state index contributed by atoms with van der Waals surface area (Å²) in [5.41, 5.74) is -1.12. The number of nitrogens with zero attached hydrogens (tertiary/aromatic N) is 3. The van der Waals surface area contributed by atoms with E-state index in [4.69, 9.17) is 4.74 Å². The zero-order valence-electron chi connectivity index (χ0n) is 10.7. The van der Waals surface area contributed by atoms with Crippen LogP contribution in [0, 0.1) is 0 Å². The van der Waals surface area contributed by atoms with Crippen LogP contribution in [0.15, 0.2) is 11.0 Å². The monoisotopic (exact) mass is 269 g/mol. The predicted octanol–water partition coefficient (Wildman–Crippen LogP) is -1.11. The van der Waals surface area contributed by atoms with Gasteiger partial charge < -0.3 is 19.8 Å². The summed E-state index contributed by atoms with van der Waals surface area (Å²) < 4.78 is 6.17. The van der Waals surface area contributed by atoms with Crippen molar-refractivity contribution in [2.75, 3.05) is 39.0 Å². The minimum atomic E-state index is -0.957. The van der Waals surface area contributed by atoms with Crippen molar-refractivity contribution >= 4 is 5.91 Å². The number of methoxy groups -OCH3 is 1. The Balaban J connectivity index is 2.49. The molecule has 19 heavy (non-hydrogen) atoms. The zero-order valence-corrected chi connectivity index (χ0v) is 10.7. The van der Waals surface area contributed by atoms with Crippen LogP contribution in [0.3, 0.4) is 0 Å². The van der Waals surface area contributed by atoms with Gasteiger partial charge in [0.2, 0.25) is 0 Å². The number of fused-ring (bicyclic) bond motifs is 1. The van der Waals surface area contributed by atoms with E-state index in [-0.39, 0.29) is 12.4 Å². The maximum atomic E-state index is 12.2. The molecule has 1 amide bonds. The molecule has 0 aliphatic carbocycles. The van der Waals surface area contributed by atoms with Crippen molar-refractivity contribution in [3.8, 4) is 11.5 Å². The number of carbonyl (C=O) groups excluding carboxylic acids is 1. The molecule has 2 rings (SSSR count). The van der Waals surface area contributed by atoms with Crippen LogP contribution in [0.25, 0.3) is 0 Å². The predicted molar refractivity (Wildman–Crippen MR) is 66.0 cm³/mol. The maximum absolute atomic E-state index is 12.2. The van der Waals surface area contributed by atoms with E-state index in [2.05, 4.69) is 0 Å². The first-order valence-corrected chi connectivity index (χ1v) is 5.64. The molecule has 2 heterocycles. The number of hydrogen-bond donors (Lipinski definition) is 2. The van der Waals surface area contributed by atoms with Gasteiger partial charge in [-0.1, -0.05) is 0 Å². The molecule has 8 nitrogen and oxygen atoms in total. The summed E-state index contributed by atoms with van der Waals surface area (Å²) >= 11 is 0. The van der Waals surface area contributed by atoms with Crippen LogP contribution in [0.5, 0.6) is 11.5 Å². The zero-order chi connectivity index (χ0) is 14.2. The molecule has 0 aromatic carbocycles. The minimum Gasteiger partial charge on any atom is -0.503 e. The number of aromatic hydroxyl groups is 2. The molecule has 0 spiro atoms. The molecular weight excluding hydrogens is 254 g/mol. The Bertz CT molecular complexity index is 568. The van der Waals surface area contributed by atoms with E-state index in [1.807, 2.05) is 0 Å². The molecule has 0 unspecified atom stereocenters. The summed E-state index contributed by atoms with van der Waals surface area (Å²) in [5, 5.41) is 20.7. The lowest BCUT2D eigenvalue weighted by Crippen LogP contribution is -2.53. The first-order chi connectivity index (χ1) is 8.97. The van der Waals surface area contributed by atoms with Gasteiger partial charge in [-0.15, -0.1) is 0 Å². The highest BCUT2D eigenvalue weighted by Gasteiger charge is 2.31. The number of ether oxygens (including phenoxy) is 1. The van der Waals surface area contributed by atoms with Crippen molar-refractivity contribution in [1.82, 2.24) is 9.58 Å². The molecule has 1 aromatic rings. The number of hydrogen-bond acceptors (Lipinski definition) is 6. The summed E-state index contributed by atoms with van der Waals surface area (Å²) in [5.74, 6) is -1.84. The van der Waals surface area contributed by atoms with Crippen LogP contribution in [-0.2, 0) is 4.74 Å². The highest BCUT2D eigenvalue weighted by molar-refractivity contribution is 5.96. The molecule has 0 atom stereocenters. The Morgan fingerprint density at radius 3 is 2.68 bits per heavy atom. The van der Waals surface area contributed by atoms with Crippen LogP contribution in [0.2, 0.25) is 0 Å². The molecule has 8 heteroatoms. The van der Waals surface area contributed by atoms with Crippen LogP contribution >= 0.6 is 0 Å². The van der Waals surface area contributed by atoms with Gasteiger partial charge in [-0.05, 0) is 0 Å². The molecule has 1 aromatic heterocycles. The topological polar surface area (TPSA) is 95.2 Å². The number of aromatic nitrogens is 1. The highest BCUT2D eigenvalue weighted by atomic mass is 16.5. The SMILES string of the molecule is COCCN1CN(C)n2cc(O)c(=O)c(O)c2C1=O. The number of carbonyl (C=O) groups is 1. The first-order valence-electron chi connectivity index (χ1n) is 5.64. The molecule has 2 N–H and O–H groups in total. The molecular formula is C11H15N3O5. The fourth-order valence-electron chi connectivity index (χ4n) is 1.95. The Hall–Kier alpha value is -2.22. The summed E-state index contributed by atoms with van der Waals surface area (Å²) in [7, 11) is 3.19. The first kappa shape index (κ1) is 13.2. The van der Waals surface area contributed by atoms with E-state index < -0.39 is 22.8 Å². The molecule has 1 aliphatic heterocycles. The van der Waals surface area contributed by atoms with E-state index in [1.54, 1.807) is 12.1 Å². The van der Waals surface area contributed by atoms with E-state index >= 15 is 0 Å². The summed E-state index contributed by atoms with van der Waals surface area (Å²) in [4.78, 5) is 25.1. The molecule has 1 aliphatic rings. The Morgan fingerprint density at radius 1 is 1.37 bits per heavy atom. The third-order valence-electron chi connectivity index (χ3n) is 2.94. The van der Waals surface area contributed by atoms with Gasteiger partial charge in [0.1, 0.15) is 6.67 Å². The summed E-state index contributed by atoms with van der Waals surface area (Å²) in [6, 6.07) is 0. The Morgan fingerprint density at radius 2 is 2.05 bits per heavy atom. The van der Waals surface area contributed by atoms with Crippen molar-refractivity contribution in [3.63, 3.8) is 0 Å². The normalized spacial score (nSPS) is 14.7. The fourth-order valence-corrected chi connectivity index (χ4v) is 1.95.